The van der Waals surface area contributed by atoms with Gasteiger partial charge < -0.3 is 10.2 Å². The van der Waals surface area contributed by atoms with Crippen molar-refractivity contribution < 1.29 is 34.2 Å². The number of para-hydroxylation sites is 1. The van der Waals surface area contributed by atoms with Crippen LogP contribution in [0.3, 0.4) is 0 Å². The zero-order chi connectivity index (χ0) is 29.2. The Hall–Kier alpha value is -3.98. The van der Waals surface area contributed by atoms with Crippen LogP contribution in [0.4, 0.5) is 5.69 Å². The van der Waals surface area contributed by atoms with Gasteiger partial charge in [-0.25, -0.2) is 4.90 Å². The third-order valence-corrected chi connectivity index (χ3v) is 9.69. The van der Waals surface area contributed by atoms with Crippen molar-refractivity contribution >= 4 is 46.9 Å². The Bertz CT molecular complexity index is 1520. The first-order valence-corrected chi connectivity index (χ1v) is 14.1. The van der Waals surface area contributed by atoms with Gasteiger partial charge in [0.25, 0.3) is 0 Å². The van der Waals surface area contributed by atoms with E-state index in [-0.39, 0.29) is 55.7 Å². The summed E-state index contributed by atoms with van der Waals surface area (Å²) in [4.78, 5) is 68.8. The Morgan fingerprint density at radius 3 is 2.46 bits per heavy atom. The predicted molar refractivity (Wildman–Crippen MR) is 148 cm³/mol. The van der Waals surface area contributed by atoms with Crippen molar-refractivity contribution in [1.82, 2.24) is 4.90 Å². The second kappa shape index (κ2) is 9.83. The maximum atomic E-state index is 14.3. The standard InChI is InChI=1S/C31H29ClN2O7/c1-31-22(28(39)34(30(31)41)17-6-3-2-4-7-17)15-20-18(26(31)21-14-16(32)9-12-23(21)35)10-11-19-25(20)29(40)33(27(19)38)13-5-8-24(36)37/h2-4,6-7,9-10,12,14,19-20,22,25-26,35H,5,8,11,13,15H2,1H3,(H,36,37)/t19-,20+,22-,25-,26+,31+/m0/s1. The van der Waals surface area contributed by atoms with E-state index in [2.05, 4.69) is 0 Å². The molecule has 41 heavy (non-hydrogen) atoms. The monoisotopic (exact) mass is 576 g/mol. The smallest absolute Gasteiger partial charge is 0.303 e. The molecule has 2 aromatic rings. The van der Waals surface area contributed by atoms with Crippen molar-refractivity contribution in [3.8, 4) is 5.75 Å². The van der Waals surface area contributed by atoms with Crippen molar-refractivity contribution in [3.05, 3.63) is 70.8 Å². The average Bonchev–Trinajstić information content (AvgIpc) is 3.30. The molecule has 9 nitrogen and oxygen atoms in total. The third-order valence-electron chi connectivity index (χ3n) is 9.45. The Labute approximate surface area is 241 Å². The van der Waals surface area contributed by atoms with Crippen molar-refractivity contribution in [3.63, 3.8) is 0 Å². The molecule has 4 amide bonds. The minimum absolute atomic E-state index is 0.0118. The number of hydrogen-bond acceptors (Lipinski definition) is 6. The average molecular weight is 577 g/mol. The lowest BCUT2D eigenvalue weighted by molar-refractivity contribution is -0.142. The van der Waals surface area contributed by atoms with Crippen LogP contribution in [0.2, 0.25) is 5.02 Å². The third kappa shape index (κ3) is 4.01. The Kier molecular flexibility index (Phi) is 6.53. The van der Waals surface area contributed by atoms with Gasteiger partial charge in [0.2, 0.25) is 23.6 Å². The number of carboxylic acids is 1. The van der Waals surface area contributed by atoms with Gasteiger partial charge in [-0.1, -0.05) is 41.4 Å². The fourth-order valence-corrected chi connectivity index (χ4v) is 7.79. The molecule has 2 aliphatic heterocycles. The number of allylic oxidation sites excluding steroid dienone is 2. The second-order valence-electron chi connectivity index (χ2n) is 11.5. The Morgan fingerprint density at radius 2 is 1.76 bits per heavy atom. The molecule has 0 spiro atoms. The topological polar surface area (TPSA) is 132 Å². The van der Waals surface area contributed by atoms with Crippen molar-refractivity contribution in [1.29, 1.82) is 0 Å². The molecule has 4 aliphatic rings. The number of carboxylic acid groups (broad SMARTS) is 1. The Morgan fingerprint density at radius 1 is 1.02 bits per heavy atom. The van der Waals surface area contributed by atoms with Crippen LogP contribution in [0, 0.1) is 29.1 Å². The number of benzene rings is 2. The molecule has 0 aromatic heterocycles. The number of nitrogens with zero attached hydrogens (tertiary/aromatic N) is 2. The summed E-state index contributed by atoms with van der Waals surface area (Å²) in [5, 5.41) is 20.4. The van der Waals surface area contributed by atoms with Crippen molar-refractivity contribution in [2.24, 2.45) is 29.1 Å². The summed E-state index contributed by atoms with van der Waals surface area (Å²) in [6.07, 6.45) is 2.34. The first-order valence-electron chi connectivity index (χ1n) is 13.7. The van der Waals surface area contributed by atoms with Crippen LogP contribution >= 0.6 is 11.6 Å². The van der Waals surface area contributed by atoms with E-state index in [1.54, 1.807) is 43.3 Å². The highest BCUT2D eigenvalue weighted by Gasteiger charge is 2.67. The van der Waals surface area contributed by atoms with Gasteiger partial charge in [-0.3, -0.25) is 28.9 Å². The molecular formula is C31H29ClN2O7. The minimum Gasteiger partial charge on any atom is -0.508 e. The normalized spacial score (nSPS) is 30.7. The lowest BCUT2D eigenvalue weighted by Gasteiger charge is -2.49. The van der Waals surface area contributed by atoms with Gasteiger partial charge in [0.15, 0.2) is 0 Å². The zero-order valence-electron chi connectivity index (χ0n) is 22.3. The highest BCUT2D eigenvalue weighted by Crippen LogP contribution is 2.64. The van der Waals surface area contributed by atoms with E-state index in [1.165, 1.54) is 17.0 Å². The SMILES string of the molecule is C[C@@]12C(=O)N(c3ccccc3)C(=O)[C@@H]1C[C@@H]1C(=CC[C@@H]3C(=O)N(CCCC(=O)O)C(=O)[C@@H]31)[C@@H]2c1cc(Cl)ccc1O. The molecule has 2 aliphatic carbocycles. The number of likely N-dealkylation sites (tertiary alicyclic amines) is 1. The number of carbonyl (C=O) groups is 5. The first kappa shape index (κ1) is 27.2. The van der Waals surface area contributed by atoms with Crippen LogP contribution in [0.25, 0.3) is 0 Å². The fourth-order valence-electron chi connectivity index (χ4n) is 7.61. The first-order chi connectivity index (χ1) is 19.6. The van der Waals surface area contributed by atoms with Gasteiger partial charge >= 0.3 is 5.97 Å². The van der Waals surface area contributed by atoms with Crippen LogP contribution in [0.15, 0.2) is 60.2 Å². The molecule has 6 rings (SSSR count). The molecule has 2 heterocycles. The maximum absolute atomic E-state index is 14.3. The molecule has 0 unspecified atom stereocenters. The summed E-state index contributed by atoms with van der Waals surface area (Å²) in [5.41, 5.74) is 0.299. The number of phenols is 1. The maximum Gasteiger partial charge on any atom is 0.303 e. The number of aliphatic carboxylic acids is 1. The number of anilines is 1. The van der Waals surface area contributed by atoms with Gasteiger partial charge in [-0.15, -0.1) is 0 Å². The summed E-state index contributed by atoms with van der Waals surface area (Å²) in [5.74, 6) is -6.05. The van der Waals surface area contributed by atoms with Crippen molar-refractivity contribution in [2.75, 3.05) is 11.4 Å². The van der Waals surface area contributed by atoms with Gasteiger partial charge in [0.05, 0.1) is 28.9 Å². The number of aromatic hydroxyl groups is 1. The zero-order valence-corrected chi connectivity index (χ0v) is 23.1. The van der Waals surface area contributed by atoms with E-state index in [0.717, 1.165) is 10.5 Å². The second-order valence-corrected chi connectivity index (χ2v) is 12.0. The molecule has 6 atom stereocenters. The summed E-state index contributed by atoms with van der Waals surface area (Å²) in [6, 6.07) is 13.3. The number of imide groups is 2. The van der Waals surface area contributed by atoms with Gasteiger partial charge in [-0.2, -0.15) is 0 Å². The number of phenolic OH excluding ortho intramolecular Hbond substituents is 1. The molecule has 212 valence electrons. The van der Waals surface area contributed by atoms with E-state index in [4.69, 9.17) is 16.7 Å². The number of hydrogen-bond donors (Lipinski definition) is 2. The lowest BCUT2D eigenvalue weighted by Crippen LogP contribution is -2.48. The summed E-state index contributed by atoms with van der Waals surface area (Å²) in [6.45, 7) is 1.76. The van der Waals surface area contributed by atoms with E-state index in [1.807, 2.05) is 6.08 Å². The molecule has 2 saturated heterocycles. The van der Waals surface area contributed by atoms with E-state index >= 15 is 0 Å². The molecule has 2 aromatic carbocycles. The largest absolute Gasteiger partial charge is 0.508 e. The molecule has 3 fully saturated rings. The van der Waals surface area contributed by atoms with Crippen molar-refractivity contribution in [2.45, 2.75) is 38.5 Å². The minimum atomic E-state index is -1.28. The van der Waals surface area contributed by atoms with Crippen LogP contribution in [0.1, 0.15) is 44.1 Å². The van der Waals surface area contributed by atoms with E-state index in [0.29, 0.717) is 16.3 Å². The fraction of sp³-hybridized carbons (Fsp3) is 0.387. The number of halogens is 1. The van der Waals surface area contributed by atoms with E-state index < -0.39 is 46.9 Å². The summed E-state index contributed by atoms with van der Waals surface area (Å²) in [7, 11) is 0. The van der Waals surface area contributed by atoms with Crippen LogP contribution in [-0.2, 0) is 24.0 Å². The van der Waals surface area contributed by atoms with Crippen LogP contribution < -0.4 is 4.90 Å². The van der Waals surface area contributed by atoms with Crippen LogP contribution in [-0.4, -0.2) is 51.3 Å². The summed E-state index contributed by atoms with van der Waals surface area (Å²) < 4.78 is 0. The van der Waals surface area contributed by atoms with E-state index in [9.17, 15) is 29.1 Å². The van der Waals surface area contributed by atoms with Gasteiger partial charge in [0, 0.05) is 29.5 Å². The van der Waals surface area contributed by atoms with Gasteiger partial charge in [0.1, 0.15) is 5.75 Å². The Balaban J connectivity index is 1.46. The molecular weight excluding hydrogens is 548 g/mol. The number of amides is 4. The predicted octanol–water partition coefficient (Wildman–Crippen LogP) is 4.14. The highest BCUT2D eigenvalue weighted by atomic mass is 35.5. The number of carbonyl (C=O) groups excluding carboxylic acids is 4. The number of fused-ring (bicyclic) bond motifs is 4. The number of rotatable bonds is 6. The molecule has 0 bridgehead atoms. The quantitative estimate of drug-likeness (QED) is 0.390. The summed E-state index contributed by atoms with van der Waals surface area (Å²) >= 11 is 6.37. The highest BCUT2D eigenvalue weighted by molar-refractivity contribution is 6.30. The van der Waals surface area contributed by atoms with Crippen LogP contribution in [0.5, 0.6) is 5.75 Å². The lowest BCUT2D eigenvalue weighted by atomic mass is 9.51. The molecule has 10 heteroatoms. The molecule has 1 saturated carbocycles. The molecule has 0 radical (unpaired) electrons. The van der Waals surface area contributed by atoms with Gasteiger partial charge in [-0.05, 0) is 62.4 Å². The molecule has 2 N–H and O–H groups in total.